The fourth-order valence-electron chi connectivity index (χ4n) is 4.07. The highest BCUT2D eigenvalue weighted by atomic mass is 19.4. The molecule has 1 aromatic heterocycles. The number of alkyl halides is 3. The second-order valence-corrected chi connectivity index (χ2v) is 8.15. The maximum absolute atomic E-state index is 12.8. The number of esters is 1. The molecule has 1 unspecified atom stereocenters. The summed E-state index contributed by atoms with van der Waals surface area (Å²) in [5, 5.41) is 8.17. The van der Waals surface area contributed by atoms with Gasteiger partial charge in [0.25, 0.3) is 0 Å². The molecule has 1 atom stereocenters. The van der Waals surface area contributed by atoms with Gasteiger partial charge in [0.2, 0.25) is 0 Å². The van der Waals surface area contributed by atoms with Crippen molar-refractivity contribution in [3.8, 4) is 11.1 Å². The Bertz CT molecular complexity index is 1150. The first-order chi connectivity index (χ1) is 16.3. The Morgan fingerprint density at radius 3 is 2.44 bits per heavy atom. The van der Waals surface area contributed by atoms with Gasteiger partial charge in [0.15, 0.2) is 5.82 Å². The maximum Gasteiger partial charge on any atom is 0.416 e. The molecule has 1 fully saturated rings. The van der Waals surface area contributed by atoms with Crippen molar-refractivity contribution in [2.75, 3.05) is 6.61 Å². The van der Waals surface area contributed by atoms with Crippen molar-refractivity contribution in [3.05, 3.63) is 71.8 Å². The molecule has 178 valence electrons. The molecule has 0 bridgehead atoms. The number of rotatable bonds is 7. The van der Waals surface area contributed by atoms with Crippen molar-refractivity contribution in [1.29, 1.82) is 0 Å². The van der Waals surface area contributed by atoms with Crippen LogP contribution in [0.1, 0.15) is 43.1 Å². The summed E-state index contributed by atoms with van der Waals surface area (Å²) in [6, 6.07) is 12.7. The van der Waals surface area contributed by atoms with Gasteiger partial charge < -0.3 is 9.30 Å². The van der Waals surface area contributed by atoms with Crippen LogP contribution in [0.3, 0.4) is 0 Å². The summed E-state index contributed by atoms with van der Waals surface area (Å²) in [4.78, 5) is 16.8. The van der Waals surface area contributed by atoms with Crippen molar-refractivity contribution in [1.82, 2.24) is 14.8 Å². The van der Waals surface area contributed by atoms with Crippen LogP contribution >= 0.6 is 0 Å². The molecular weight excluding hydrogens is 445 g/mol. The van der Waals surface area contributed by atoms with Gasteiger partial charge in [-0.2, -0.15) is 13.2 Å². The summed E-state index contributed by atoms with van der Waals surface area (Å²) in [6.45, 7) is 3.01. The van der Waals surface area contributed by atoms with Crippen LogP contribution in [0.2, 0.25) is 0 Å². The number of hydrogen-bond acceptors (Lipinski definition) is 5. The van der Waals surface area contributed by atoms with Gasteiger partial charge in [0, 0.05) is 5.71 Å². The van der Waals surface area contributed by atoms with Crippen molar-refractivity contribution >= 4 is 11.7 Å². The molecule has 0 N–H and O–H groups in total. The lowest BCUT2D eigenvalue weighted by Crippen LogP contribution is -2.21. The molecule has 1 saturated carbocycles. The summed E-state index contributed by atoms with van der Waals surface area (Å²) < 4.78 is 45.4. The third-order valence-corrected chi connectivity index (χ3v) is 5.87. The van der Waals surface area contributed by atoms with E-state index in [9.17, 15) is 18.0 Å². The van der Waals surface area contributed by atoms with E-state index < -0.39 is 11.7 Å². The number of nitrogens with zero attached hydrogens (tertiary/aromatic N) is 4. The summed E-state index contributed by atoms with van der Waals surface area (Å²) in [6.07, 6.45) is -0.253. The topological polar surface area (TPSA) is 69.4 Å². The lowest BCUT2D eigenvalue weighted by molar-refractivity contribution is -0.145. The van der Waals surface area contributed by atoms with E-state index >= 15 is 0 Å². The zero-order chi connectivity index (χ0) is 24.1. The van der Waals surface area contributed by atoms with Crippen LogP contribution in [0, 0.1) is 5.92 Å². The highest BCUT2D eigenvalue weighted by molar-refractivity contribution is 6.03. The van der Waals surface area contributed by atoms with Gasteiger partial charge in [0.05, 0.1) is 31.2 Å². The first kappa shape index (κ1) is 23.7. The highest BCUT2D eigenvalue weighted by Gasteiger charge is 2.31. The Kier molecular flexibility index (Phi) is 7.09. The van der Waals surface area contributed by atoms with Gasteiger partial charge in [-0.05, 0) is 55.0 Å². The average molecular weight is 470 g/mol. The van der Waals surface area contributed by atoms with Gasteiger partial charge >= 0.3 is 12.1 Å². The molecule has 0 aliphatic heterocycles. The lowest BCUT2D eigenvalue weighted by Gasteiger charge is -2.11. The smallest absolute Gasteiger partial charge is 0.416 e. The Balaban J connectivity index is 1.42. The van der Waals surface area contributed by atoms with E-state index in [1.165, 1.54) is 12.1 Å². The van der Waals surface area contributed by atoms with Gasteiger partial charge in [-0.25, -0.2) is 0 Å². The van der Waals surface area contributed by atoms with Crippen molar-refractivity contribution in [2.45, 2.75) is 45.5 Å². The molecule has 9 heteroatoms. The monoisotopic (exact) mass is 470 g/mol. The molecule has 34 heavy (non-hydrogen) atoms. The molecular formula is C25H25F3N4O2. The number of halogens is 3. The molecule has 3 aromatic rings. The van der Waals surface area contributed by atoms with E-state index in [1.807, 2.05) is 28.8 Å². The van der Waals surface area contributed by atoms with E-state index in [1.54, 1.807) is 13.3 Å². The Labute approximate surface area is 195 Å². The molecule has 1 aliphatic rings. The second kappa shape index (κ2) is 10.2. The fraction of sp³-hybridized carbons (Fsp3) is 0.360. The van der Waals surface area contributed by atoms with Crippen LogP contribution in [0.5, 0.6) is 0 Å². The normalized spacial score (nSPS) is 17.3. The van der Waals surface area contributed by atoms with Crippen LogP contribution in [-0.2, 0) is 28.8 Å². The number of benzene rings is 2. The first-order valence-corrected chi connectivity index (χ1v) is 11.2. The van der Waals surface area contributed by atoms with E-state index in [0.29, 0.717) is 31.1 Å². The van der Waals surface area contributed by atoms with E-state index in [-0.39, 0.29) is 11.9 Å². The van der Waals surface area contributed by atoms with Crippen LogP contribution < -0.4 is 0 Å². The minimum absolute atomic E-state index is 0.214. The first-order valence-electron chi connectivity index (χ1n) is 11.2. The number of carbonyl (C=O) groups excluding carboxylic acids is 1. The summed E-state index contributed by atoms with van der Waals surface area (Å²) in [7, 11) is 0. The SMILES string of the molecule is CCOC(=O)C1CCCC1=NCc1nncn1Cc1ccc(-c2ccc(C(F)(F)F)cc2)cc1. The minimum atomic E-state index is -4.35. The van der Waals surface area contributed by atoms with E-state index in [2.05, 4.69) is 15.2 Å². The molecule has 0 saturated heterocycles. The molecule has 4 rings (SSSR count). The summed E-state index contributed by atoms with van der Waals surface area (Å²) >= 11 is 0. The molecule has 1 aliphatic carbocycles. The number of aromatic nitrogens is 3. The predicted molar refractivity (Wildman–Crippen MR) is 121 cm³/mol. The van der Waals surface area contributed by atoms with Gasteiger partial charge in [0.1, 0.15) is 6.33 Å². The van der Waals surface area contributed by atoms with Crippen molar-refractivity contribution in [2.24, 2.45) is 10.9 Å². The zero-order valence-corrected chi connectivity index (χ0v) is 18.8. The van der Waals surface area contributed by atoms with Gasteiger partial charge in [-0.15, -0.1) is 10.2 Å². The number of hydrogen-bond donors (Lipinski definition) is 0. The fourth-order valence-corrected chi connectivity index (χ4v) is 4.07. The lowest BCUT2D eigenvalue weighted by atomic mass is 10.0. The van der Waals surface area contributed by atoms with E-state index in [0.717, 1.165) is 48.2 Å². The van der Waals surface area contributed by atoms with Gasteiger partial charge in [-0.3, -0.25) is 9.79 Å². The van der Waals surface area contributed by atoms with Crippen molar-refractivity contribution in [3.63, 3.8) is 0 Å². The van der Waals surface area contributed by atoms with Crippen LogP contribution in [-0.4, -0.2) is 33.1 Å². The minimum Gasteiger partial charge on any atom is -0.465 e. The molecule has 1 heterocycles. The number of aliphatic imine (C=N–C) groups is 1. The zero-order valence-electron chi connectivity index (χ0n) is 18.8. The summed E-state index contributed by atoms with van der Waals surface area (Å²) in [5.41, 5.74) is 2.73. The third kappa shape index (κ3) is 5.52. The Morgan fingerprint density at radius 1 is 1.12 bits per heavy atom. The quantitative estimate of drug-likeness (QED) is 0.439. The van der Waals surface area contributed by atoms with Gasteiger partial charge in [-0.1, -0.05) is 36.4 Å². The maximum atomic E-state index is 12.8. The predicted octanol–water partition coefficient (Wildman–Crippen LogP) is 5.32. The Hall–Kier alpha value is -3.49. The third-order valence-electron chi connectivity index (χ3n) is 5.87. The molecule has 0 spiro atoms. The number of ether oxygens (including phenoxy) is 1. The number of carbonyl (C=O) groups is 1. The summed E-state index contributed by atoms with van der Waals surface area (Å²) in [5.74, 6) is 0.205. The van der Waals surface area contributed by atoms with Crippen LogP contribution in [0.15, 0.2) is 59.9 Å². The molecule has 0 amide bonds. The van der Waals surface area contributed by atoms with Crippen LogP contribution in [0.4, 0.5) is 13.2 Å². The average Bonchev–Trinajstić information content (AvgIpc) is 3.47. The van der Waals surface area contributed by atoms with E-state index in [4.69, 9.17) is 4.74 Å². The molecule has 6 nitrogen and oxygen atoms in total. The Morgan fingerprint density at radius 2 is 1.79 bits per heavy atom. The highest BCUT2D eigenvalue weighted by Crippen LogP contribution is 2.31. The molecule has 2 aromatic carbocycles. The molecule has 0 radical (unpaired) electrons. The van der Waals surface area contributed by atoms with Crippen LogP contribution in [0.25, 0.3) is 11.1 Å². The standard InChI is InChI=1S/C25H25F3N4O2/c1-2-34-24(33)21-4-3-5-22(21)29-14-23-31-30-16-32(23)15-17-6-8-18(9-7-17)19-10-12-20(13-11-19)25(26,27)28/h6-13,16,21H,2-5,14-15H2,1H3. The van der Waals surface area contributed by atoms with Crippen molar-refractivity contribution < 1.29 is 22.7 Å². The second-order valence-electron chi connectivity index (χ2n) is 8.15. The largest absolute Gasteiger partial charge is 0.465 e.